The number of methoxy groups -OCH3 is 1. The molecule has 8 nitrogen and oxygen atoms in total. The number of ether oxygens (including phenoxy) is 1. The molecule has 3 saturated heterocycles. The van der Waals surface area contributed by atoms with E-state index >= 15 is 0 Å². The Hall–Kier alpha value is -3.04. The van der Waals surface area contributed by atoms with Crippen LogP contribution in [0, 0.1) is 0 Å². The molecule has 38 heavy (non-hydrogen) atoms. The SMILES string of the molecule is COc1ccccc1C1CCN(C2NC(=O)C(c3ccc4ccccc4n3)C(N[C@@H]3CCCNC3)N2)CC1. The van der Waals surface area contributed by atoms with E-state index in [0.29, 0.717) is 12.0 Å². The fraction of sp³-hybridized carbons (Fsp3) is 0.467. The molecule has 0 saturated carbocycles. The summed E-state index contributed by atoms with van der Waals surface area (Å²) in [6.07, 6.45) is 3.85. The summed E-state index contributed by atoms with van der Waals surface area (Å²) in [7, 11) is 1.74. The van der Waals surface area contributed by atoms with Crippen LogP contribution in [0.4, 0.5) is 0 Å². The summed E-state index contributed by atoms with van der Waals surface area (Å²) in [6, 6.07) is 20.8. The molecule has 1 aromatic heterocycles. The number of nitrogens with one attached hydrogen (secondary N) is 4. The zero-order valence-corrected chi connectivity index (χ0v) is 22.0. The topological polar surface area (TPSA) is 90.5 Å². The molecular weight excluding hydrogens is 476 g/mol. The molecule has 1 amide bonds. The lowest BCUT2D eigenvalue weighted by atomic mass is 9.88. The van der Waals surface area contributed by atoms with Crippen LogP contribution in [0.15, 0.2) is 60.7 Å². The summed E-state index contributed by atoms with van der Waals surface area (Å²) < 4.78 is 5.62. The van der Waals surface area contributed by atoms with E-state index in [-0.39, 0.29) is 18.4 Å². The molecule has 200 valence electrons. The number of nitrogens with zero attached hydrogens (tertiary/aromatic N) is 2. The van der Waals surface area contributed by atoms with Crippen molar-refractivity contribution in [1.29, 1.82) is 0 Å². The van der Waals surface area contributed by atoms with E-state index in [2.05, 4.69) is 50.4 Å². The van der Waals surface area contributed by atoms with Crippen molar-refractivity contribution < 1.29 is 9.53 Å². The number of carbonyl (C=O) groups excluding carboxylic acids is 1. The Kier molecular flexibility index (Phi) is 7.56. The molecule has 3 aliphatic heterocycles. The van der Waals surface area contributed by atoms with Gasteiger partial charge in [0.05, 0.1) is 24.5 Å². The third-order valence-electron chi connectivity index (χ3n) is 8.36. The van der Waals surface area contributed by atoms with Gasteiger partial charge >= 0.3 is 0 Å². The summed E-state index contributed by atoms with van der Waals surface area (Å²) in [5.41, 5.74) is 2.99. The summed E-state index contributed by atoms with van der Waals surface area (Å²) in [5, 5.41) is 15.4. The van der Waals surface area contributed by atoms with Gasteiger partial charge < -0.3 is 15.4 Å². The van der Waals surface area contributed by atoms with Crippen molar-refractivity contribution in [1.82, 2.24) is 31.2 Å². The van der Waals surface area contributed by atoms with Crippen LogP contribution in [0.2, 0.25) is 0 Å². The molecule has 0 radical (unpaired) electrons. The van der Waals surface area contributed by atoms with Gasteiger partial charge in [0, 0.05) is 31.1 Å². The standard InChI is InChI=1S/C30H38N6O2/c1-38-26-11-5-3-9-23(26)20-14-17-36(18-15-20)30-34-28(32-22-8-6-16-31-19-22)27(29(37)35-30)25-13-12-21-7-2-4-10-24(21)33-25/h2-5,7,9-13,20,22,27-28,30-32,34H,6,8,14-19H2,1H3,(H,35,37)/t22-,27?,28?,30?/m1/s1. The molecule has 4 atom stereocenters. The predicted molar refractivity (Wildman–Crippen MR) is 149 cm³/mol. The van der Waals surface area contributed by atoms with Crippen molar-refractivity contribution in [2.75, 3.05) is 33.3 Å². The Labute approximate surface area is 224 Å². The van der Waals surface area contributed by atoms with E-state index in [1.807, 2.05) is 36.4 Å². The molecule has 0 spiro atoms. The number of hydrogen-bond acceptors (Lipinski definition) is 7. The summed E-state index contributed by atoms with van der Waals surface area (Å²) in [5.74, 6) is 1.03. The van der Waals surface area contributed by atoms with Gasteiger partial charge in [0.1, 0.15) is 18.0 Å². The zero-order valence-electron chi connectivity index (χ0n) is 22.0. The highest BCUT2D eigenvalue weighted by Crippen LogP contribution is 2.35. The molecule has 3 fully saturated rings. The molecule has 2 aromatic carbocycles. The van der Waals surface area contributed by atoms with Crippen molar-refractivity contribution in [2.24, 2.45) is 0 Å². The monoisotopic (exact) mass is 514 g/mol. The number of benzene rings is 2. The first-order valence-electron chi connectivity index (χ1n) is 14.0. The lowest BCUT2D eigenvalue weighted by molar-refractivity contribution is -0.130. The molecule has 3 unspecified atom stereocenters. The molecule has 3 aliphatic rings. The average molecular weight is 515 g/mol. The van der Waals surface area contributed by atoms with Gasteiger partial charge in [-0.1, -0.05) is 42.5 Å². The summed E-state index contributed by atoms with van der Waals surface area (Å²) >= 11 is 0. The van der Waals surface area contributed by atoms with Crippen LogP contribution in [0.25, 0.3) is 10.9 Å². The number of hydrogen-bond donors (Lipinski definition) is 4. The van der Waals surface area contributed by atoms with Crippen LogP contribution >= 0.6 is 0 Å². The van der Waals surface area contributed by atoms with E-state index in [1.54, 1.807) is 7.11 Å². The van der Waals surface area contributed by atoms with Crippen LogP contribution in [0.1, 0.15) is 48.8 Å². The summed E-state index contributed by atoms with van der Waals surface area (Å²) in [4.78, 5) is 21.0. The van der Waals surface area contributed by atoms with Crippen LogP contribution in [0.3, 0.4) is 0 Å². The minimum Gasteiger partial charge on any atom is -0.496 e. The molecule has 4 N–H and O–H groups in total. The fourth-order valence-corrected chi connectivity index (χ4v) is 6.31. The van der Waals surface area contributed by atoms with Crippen LogP contribution in [-0.4, -0.2) is 67.6 Å². The van der Waals surface area contributed by atoms with Crippen molar-refractivity contribution in [3.05, 3.63) is 71.9 Å². The first-order chi connectivity index (χ1) is 18.7. The largest absolute Gasteiger partial charge is 0.496 e. The Bertz CT molecular complexity index is 1250. The van der Waals surface area contributed by atoms with E-state index in [1.165, 1.54) is 5.56 Å². The number of fused-ring (bicyclic) bond motifs is 1. The van der Waals surface area contributed by atoms with E-state index in [4.69, 9.17) is 9.72 Å². The van der Waals surface area contributed by atoms with Crippen LogP contribution in [-0.2, 0) is 4.79 Å². The second kappa shape index (κ2) is 11.4. The lowest BCUT2D eigenvalue weighted by Gasteiger charge is -2.45. The van der Waals surface area contributed by atoms with Crippen molar-refractivity contribution in [2.45, 2.75) is 56.0 Å². The molecule has 0 aliphatic carbocycles. The Morgan fingerprint density at radius 3 is 2.63 bits per heavy atom. The van der Waals surface area contributed by atoms with Gasteiger partial charge in [-0.25, -0.2) is 0 Å². The quantitative estimate of drug-likeness (QED) is 0.402. The minimum atomic E-state index is -0.413. The number of pyridine rings is 1. The Morgan fingerprint density at radius 1 is 1.00 bits per heavy atom. The Morgan fingerprint density at radius 2 is 1.82 bits per heavy atom. The number of amides is 1. The highest BCUT2D eigenvalue weighted by molar-refractivity contribution is 5.86. The second-order valence-corrected chi connectivity index (χ2v) is 10.7. The third kappa shape index (κ3) is 5.27. The van der Waals surface area contributed by atoms with Gasteiger partial charge in [-0.05, 0) is 61.9 Å². The predicted octanol–water partition coefficient (Wildman–Crippen LogP) is 2.88. The maximum atomic E-state index is 13.7. The van der Waals surface area contributed by atoms with Gasteiger partial charge in [-0.15, -0.1) is 0 Å². The lowest BCUT2D eigenvalue weighted by Crippen LogP contribution is -2.71. The first-order valence-corrected chi connectivity index (χ1v) is 14.0. The second-order valence-electron chi connectivity index (χ2n) is 10.7. The number of likely N-dealkylation sites (tertiary alicyclic amines) is 1. The van der Waals surface area contributed by atoms with Gasteiger partial charge in [0.25, 0.3) is 0 Å². The first kappa shape index (κ1) is 25.2. The maximum absolute atomic E-state index is 13.7. The number of piperidine rings is 2. The van der Waals surface area contributed by atoms with Crippen LogP contribution < -0.4 is 26.0 Å². The highest BCUT2D eigenvalue weighted by Gasteiger charge is 2.41. The third-order valence-corrected chi connectivity index (χ3v) is 8.36. The van der Waals surface area contributed by atoms with Gasteiger partial charge in [-0.3, -0.25) is 25.3 Å². The Balaban J connectivity index is 1.20. The van der Waals surface area contributed by atoms with E-state index < -0.39 is 5.92 Å². The van der Waals surface area contributed by atoms with Crippen molar-refractivity contribution in [3.63, 3.8) is 0 Å². The average Bonchev–Trinajstić information content (AvgIpc) is 2.97. The van der Waals surface area contributed by atoms with Crippen LogP contribution in [0.5, 0.6) is 5.75 Å². The maximum Gasteiger partial charge on any atom is 0.234 e. The molecule has 0 bridgehead atoms. The number of para-hydroxylation sites is 2. The molecule has 3 aromatic rings. The van der Waals surface area contributed by atoms with Gasteiger partial charge in [-0.2, -0.15) is 0 Å². The number of carbonyl (C=O) groups is 1. The number of aromatic nitrogens is 1. The molecule has 6 rings (SSSR count). The minimum absolute atomic E-state index is 0.0182. The summed E-state index contributed by atoms with van der Waals surface area (Å²) in [6.45, 7) is 3.76. The highest BCUT2D eigenvalue weighted by atomic mass is 16.5. The normalized spacial score (nSPS) is 27.2. The van der Waals surface area contributed by atoms with E-state index in [0.717, 1.165) is 74.2 Å². The van der Waals surface area contributed by atoms with E-state index in [9.17, 15) is 4.79 Å². The molecular formula is C30H38N6O2. The smallest absolute Gasteiger partial charge is 0.234 e. The molecule has 4 heterocycles. The van der Waals surface area contributed by atoms with Gasteiger partial charge in [0.2, 0.25) is 5.91 Å². The van der Waals surface area contributed by atoms with Crippen molar-refractivity contribution in [3.8, 4) is 5.75 Å². The zero-order chi connectivity index (χ0) is 25.9. The van der Waals surface area contributed by atoms with Gasteiger partial charge in [0.15, 0.2) is 0 Å². The molecule has 8 heteroatoms. The number of rotatable bonds is 6. The fourth-order valence-electron chi connectivity index (χ4n) is 6.31. The van der Waals surface area contributed by atoms with Crippen molar-refractivity contribution >= 4 is 16.8 Å².